The molecule has 0 radical (unpaired) electrons. The number of carbonyl (C=O) groups excluding carboxylic acids is 1. The van der Waals surface area contributed by atoms with Gasteiger partial charge < -0.3 is 5.32 Å². The van der Waals surface area contributed by atoms with Crippen molar-refractivity contribution in [2.75, 3.05) is 33.7 Å². The summed E-state index contributed by atoms with van der Waals surface area (Å²) < 4.78 is 25.1. The number of nitrogens with one attached hydrogen (secondary N) is 1. The maximum Gasteiger partial charge on any atom is 0.251 e. The van der Waals surface area contributed by atoms with E-state index in [-0.39, 0.29) is 16.8 Å². The molecule has 23 heavy (non-hydrogen) atoms. The van der Waals surface area contributed by atoms with Crippen molar-refractivity contribution < 1.29 is 13.2 Å². The Bertz CT molecular complexity index is 608. The van der Waals surface area contributed by atoms with Gasteiger partial charge in [0.25, 0.3) is 5.91 Å². The molecule has 0 bridgehead atoms. The van der Waals surface area contributed by atoms with E-state index >= 15 is 0 Å². The zero-order valence-corrected chi connectivity index (χ0v) is 15.4. The Morgan fingerprint density at radius 3 is 2.09 bits per heavy atom. The fourth-order valence-corrected chi connectivity index (χ4v) is 3.21. The second-order valence-corrected chi connectivity index (χ2v) is 7.74. The number of benzene rings is 1. The minimum absolute atomic E-state index is 0.176. The third kappa shape index (κ3) is 5.02. The number of nitrogens with zero attached hydrogens (tertiary/aromatic N) is 2. The number of sulfonamides is 1. The Morgan fingerprint density at radius 2 is 1.65 bits per heavy atom. The highest BCUT2D eigenvalue weighted by molar-refractivity contribution is 7.89. The van der Waals surface area contributed by atoms with Gasteiger partial charge in [-0.25, -0.2) is 12.7 Å². The summed E-state index contributed by atoms with van der Waals surface area (Å²) in [4.78, 5) is 14.6. The Labute approximate surface area is 139 Å². The number of hydrogen-bond donors (Lipinski definition) is 1. The van der Waals surface area contributed by atoms with E-state index < -0.39 is 10.0 Å². The van der Waals surface area contributed by atoms with Crippen LogP contribution in [-0.2, 0) is 10.0 Å². The topological polar surface area (TPSA) is 69.7 Å². The highest BCUT2D eigenvalue weighted by atomic mass is 32.2. The molecule has 7 heteroatoms. The molecular weight excluding hydrogens is 314 g/mol. The molecule has 1 N–H and O–H groups in total. The Morgan fingerprint density at radius 1 is 1.13 bits per heavy atom. The highest BCUT2D eigenvalue weighted by Crippen LogP contribution is 2.14. The first-order chi connectivity index (χ1) is 10.7. The molecule has 130 valence electrons. The van der Waals surface area contributed by atoms with Crippen molar-refractivity contribution in [3.63, 3.8) is 0 Å². The van der Waals surface area contributed by atoms with Crippen molar-refractivity contribution in [3.8, 4) is 0 Å². The van der Waals surface area contributed by atoms with Crippen LogP contribution in [0, 0.1) is 0 Å². The van der Waals surface area contributed by atoms with E-state index in [1.54, 1.807) is 0 Å². The highest BCUT2D eigenvalue weighted by Gasteiger charge is 2.18. The van der Waals surface area contributed by atoms with Crippen LogP contribution >= 0.6 is 0 Å². The van der Waals surface area contributed by atoms with Gasteiger partial charge in [-0.1, -0.05) is 13.8 Å². The summed E-state index contributed by atoms with van der Waals surface area (Å²) in [5.41, 5.74) is 0.453. The van der Waals surface area contributed by atoms with Crippen molar-refractivity contribution in [2.45, 2.75) is 31.7 Å². The molecule has 0 aliphatic rings. The maximum absolute atomic E-state index is 12.2. The van der Waals surface area contributed by atoms with Crippen LogP contribution in [0.2, 0.25) is 0 Å². The van der Waals surface area contributed by atoms with Gasteiger partial charge >= 0.3 is 0 Å². The first kappa shape index (κ1) is 19.6. The molecule has 0 saturated heterocycles. The second-order valence-electron chi connectivity index (χ2n) is 5.59. The van der Waals surface area contributed by atoms with Crippen molar-refractivity contribution >= 4 is 15.9 Å². The summed E-state index contributed by atoms with van der Waals surface area (Å²) in [5.74, 6) is -0.196. The third-order valence-electron chi connectivity index (χ3n) is 3.89. The monoisotopic (exact) mass is 341 g/mol. The number of likely N-dealkylation sites (N-methyl/N-ethyl adjacent to an activating group) is 1. The average molecular weight is 341 g/mol. The lowest BCUT2D eigenvalue weighted by Gasteiger charge is -2.26. The second kappa shape index (κ2) is 8.42. The Kier molecular flexibility index (Phi) is 7.18. The van der Waals surface area contributed by atoms with E-state index in [0.29, 0.717) is 12.1 Å². The molecule has 0 aliphatic carbocycles. The van der Waals surface area contributed by atoms with Crippen molar-refractivity contribution in [2.24, 2.45) is 0 Å². The van der Waals surface area contributed by atoms with Crippen LogP contribution in [0.4, 0.5) is 0 Å². The van der Waals surface area contributed by atoms with Gasteiger partial charge in [0.1, 0.15) is 0 Å². The average Bonchev–Trinajstić information content (AvgIpc) is 2.53. The van der Waals surface area contributed by atoms with Gasteiger partial charge in [0.05, 0.1) is 4.90 Å². The van der Waals surface area contributed by atoms with Crippen LogP contribution in [0.15, 0.2) is 29.2 Å². The molecule has 1 amide bonds. The molecule has 0 aliphatic heterocycles. The molecule has 1 aromatic carbocycles. The fraction of sp³-hybridized carbons (Fsp3) is 0.562. The van der Waals surface area contributed by atoms with Crippen LogP contribution in [0.1, 0.15) is 31.1 Å². The summed E-state index contributed by atoms with van der Waals surface area (Å²) >= 11 is 0. The van der Waals surface area contributed by atoms with Crippen molar-refractivity contribution in [1.82, 2.24) is 14.5 Å². The SMILES string of the molecule is CCN(CC)C(C)CNC(=O)c1ccc(S(=O)(=O)N(C)C)cc1. The maximum atomic E-state index is 12.2. The van der Waals surface area contributed by atoms with Gasteiger partial charge in [-0.3, -0.25) is 9.69 Å². The van der Waals surface area contributed by atoms with Crippen LogP contribution in [0.5, 0.6) is 0 Å². The number of carbonyl (C=O) groups is 1. The van der Waals surface area contributed by atoms with E-state index in [1.165, 1.54) is 38.4 Å². The lowest BCUT2D eigenvalue weighted by atomic mass is 10.2. The van der Waals surface area contributed by atoms with Gasteiger partial charge in [-0.2, -0.15) is 0 Å². The largest absolute Gasteiger partial charge is 0.350 e. The van der Waals surface area contributed by atoms with Gasteiger partial charge in [-0.15, -0.1) is 0 Å². The van der Waals surface area contributed by atoms with Gasteiger partial charge in [0.15, 0.2) is 0 Å². The molecule has 1 rings (SSSR count). The molecule has 1 unspecified atom stereocenters. The fourth-order valence-electron chi connectivity index (χ4n) is 2.31. The molecule has 1 aromatic rings. The molecule has 1 atom stereocenters. The molecule has 0 fully saturated rings. The lowest BCUT2D eigenvalue weighted by Crippen LogP contribution is -2.42. The van der Waals surface area contributed by atoms with Gasteiger partial charge in [0, 0.05) is 32.2 Å². The minimum Gasteiger partial charge on any atom is -0.350 e. The molecule has 6 nitrogen and oxygen atoms in total. The van der Waals surface area contributed by atoms with Gasteiger partial charge in [0.2, 0.25) is 10.0 Å². The number of rotatable bonds is 8. The Hall–Kier alpha value is -1.44. The summed E-state index contributed by atoms with van der Waals surface area (Å²) in [6, 6.07) is 6.24. The summed E-state index contributed by atoms with van der Waals surface area (Å²) in [6.45, 7) is 8.67. The van der Waals surface area contributed by atoms with E-state index in [4.69, 9.17) is 0 Å². The van der Waals surface area contributed by atoms with Crippen LogP contribution in [0.25, 0.3) is 0 Å². The van der Waals surface area contributed by atoms with Crippen molar-refractivity contribution in [1.29, 1.82) is 0 Å². The van der Waals surface area contributed by atoms with Crippen LogP contribution < -0.4 is 5.32 Å². The molecule has 0 spiro atoms. The third-order valence-corrected chi connectivity index (χ3v) is 5.72. The first-order valence-corrected chi connectivity index (χ1v) is 9.22. The van der Waals surface area contributed by atoms with E-state index in [2.05, 4.69) is 31.0 Å². The summed E-state index contributed by atoms with van der Waals surface area (Å²) in [6.07, 6.45) is 0. The number of hydrogen-bond acceptors (Lipinski definition) is 4. The predicted molar refractivity (Wildman–Crippen MR) is 92.0 cm³/mol. The van der Waals surface area contributed by atoms with E-state index in [0.717, 1.165) is 17.4 Å². The zero-order valence-electron chi connectivity index (χ0n) is 14.5. The predicted octanol–water partition coefficient (Wildman–Crippen LogP) is 1.40. The van der Waals surface area contributed by atoms with Crippen molar-refractivity contribution in [3.05, 3.63) is 29.8 Å². The minimum atomic E-state index is -3.47. The summed E-state index contributed by atoms with van der Waals surface area (Å²) in [5, 5.41) is 2.89. The molecule has 0 aromatic heterocycles. The quantitative estimate of drug-likeness (QED) is 0.776. The van der Waals surface area contributed by atoms with Crippen LogP contribution in [-0.4, -0.2) is 63.3 Å². The standard InChI is InChI=1S/C16H27N3O3S/c1-6-19(7-2)13(3)12-17-16(20)14-8-10-15(11-9-14)23(21,22)18(4)5/h8-11,13H,6-7,12H2,1-5H3,(H,17,20). The number of amides is 1. The smallest absolute Gasteiger partial charge is 0.251 e. The summed E-state index contributed by atoms with van der Waals surface area (Å²) in [7, 11) is -0.515. The zero-order chi connectivity index (χ0) is 17.6. The lowest BCUT2D eigenvalue weighted by molar-refractivity contribution is 0.0938. The molecule has 0 saturated carbocycles. The van der Waals surface area contributed by atoms with Gasteiger partial charge in [-0.05, 0) is 44.3 Å². The van der Waals surface area contributed by atoms with E-state index in [9.17, 15) is 13.2 Å². The first-order valence-electron chi connectivity index (χ1n) is 7.78. The van der Waals surface area contributed by atoms with E-state index in [1.807, 2.05) is 0 Å². The van der Waals surface area contributed by atoms with Crippen LogP contribution in [0.3, 0.4) is 0 Å². The molecule has 0 heterocycles. The molecular formula is C16H27N3O3S. The normalized spacial score (nSPS) is 13.3. The Balaban J connectivity index is 2.72.